The van der Waals surface area contributed by atoms with Crippen LogP contribution in [0.25, 0.3) is 6.08 Å². The highest BCUT2D eigenvalue weighted by Gasteiger charge is 2.09. The highest BCUT2D eigenvalue weighted by molar-refractivity contribution is 5.89. The molecule has 4 nitrogen and oxygen atoms in total. The smallest absolute Gasteiger partial charge is 0.370 e. The third-order valence-corrected chi connectivity index (χ3v) is 3.23. The Hall–Kier alpha value is -2.75. The summed E-state index contributed by atoms with van der Waals surface area (Å²) in [7, 11) is 0. The van der Waals surface area contributed by atoms with Crippen molar-refractivity contribution in [1.29, 1.82) is 0 Å². The number of hydrogen-bond donors (Lipinski definition) is 2. The predicted octanol–water partition coefficient (Wildman–Crippen LogP) is 3.87. The first kappa shape index (κ1) is 15.6. The number of aliphatic hydroxyl groups excluding tert-OH is 1. The van der Waals surface area contributed by atoms with Crippen molar-refractivity contribution >= 4 is 12.0 Å². The average molecular weight is 298 g/mol. The van der Waals surface area contributed by atoms with E-state index < -0.39 is 11.7 Å². The summed E-state index contributed by atoms with van der Waals surface area (Å²) in [6, 6.07) is 13.4. The lowest BCUT2D eigenvalue weighted by Gasteiger charge is -2.13. The molecule has 0 aliphatic heterocycles. The van der Waals surface area contributed by atoms with Gasteiger partial charge in [0.1, 0.15) is 12.4 Å². The van der Waals surface area contributed by atoms with Crippen LogP contribution in [0.5, 0.6) is 5.75 Å². The van der Waals surface area contributed by atoms with Crippen LogP contribution in [-0.4, -0.2) is 16.2 Å². The van der Waals surface area contributed by atoms with E-state index in [0.29, 0.717) is 12.2 Å². The van der Waals surface area contributed by atoms with Gasteiger partial charge in [-0.2, -0.15) is 0 Å². The highest BCUT2D eigenvalue weighted by atomic mass is 16.5. The van der Waals surface area contributed by atoms with Crippen LogP contribution in [0.4, 0.5) is 0 Å². The second-order valence-corrected chi connectivity index (χ2v) is 5.09. The molecule has 0 aliphatic rings. The van der Waals surface area contributed by atoms with Crippen LogP contribution in [0.15, 0.2) is 48.2 Å². The molecule has 0 radical (unpaired) electrons. The van der Waals surface area contributed by atoms with E-state index in [2.05, 4.69) is 0 Å². The highest BCUT2D eigenvalue weighted by Crippen LogP contribution is 2.26. The van der Waals surface area contributed by atoms with Crippen LogP contribution < -0.4 is 4.74 Å². The molecule has 0 saturated carbocycles. The summed E-state index contributed by atoms with van der Waals surface area (Å²) in [6.45, 7) is 4.25. The van der Waals surface area contributed by atoms with Crippen LogP contribution in [0.3, 0.4) is 0 Å². The van der Waals surface area contributed by atoms with E-state index >= 15 is 0 Å². The molecule has 0 aliphatic carbocycles. The van der Waals surface area contributed by atoms with Crippen molar-refractivity contribution in [2.45, 2.75) is 20.5 Å². The first-order chi connectivity index (χ1) is 10.5. The Labute approximate surface area is 129 Å². The number of ether oxygens (including phenoxy) is 1. The second kappa shape index (κ2) is 6.80. The predicted molar refractivity (Wildman–Crippen MR) is 84.9 cm³/mol. The number of rotatable bonds is 5. The van der Waals surface area contributed by atoms with E-state index in [1.165, 1.54) is 6.08 Å². The van der Waals surface area contributed by atoms with Gasteiger partial charge in [-0.25, -0.2) is 4.79 Å². The van der Waals surface area contributed by atoms with Gasteiger partial charge in [-0.05, 0) is 54.3 Å². The molecule has 0 amide bonds. The normalized spacial score (nSPS) is 11.3. The van der Waals surface area contributed by atoms with E-state index in [9.17, 15) is 9.90 Å². The minimum absolute atomic E-state index is 0.470. The van der Waals surface area contributed by atoms with Crippen molar-refractivity contribution in [3.63, 3.8) is 0 Å². The number of carbonyl (C=O) groups is 1. The van der Waals surface area contributed by atoms with Gasteiger partial charge in [0.2, 0.25) is 5.76 Å². The molecule has 22 heavy (non-hydrogen) atoms. The summed E-state index contributed by atoms with van der Waals surface area (Å²) in [6.07, 6.45) is 1.23. The van der Waals surface area contributed by atoms with Crippen molar-refractivity contribution in [1.82, 2.24) is 0 Å². The molecule has 2 aromatic carbocycles. The van der Waals surface area contributed by atoms with Crippen LogP contribution in [0.1, 0.15) is 22.3 Å². The zero-order valence-corrected chi connectivity index (χ0v) is 12.5. The quantitative estimate of drug-likeness (QED) is 0.649. The molecule has 2 N–H and O–H groups in total. The minimum Gasteiger partial charge on any atom is -0.502 e. The maximum atomic E-state index is 10.7. The lowest BCUT2D eigenvalue weighted by molar-refractivity contribution is -0.135. The SMILES string of the molecule is Cc1cc(/C=C(\O)C(=O)O)cc(C)c1OCc1ccccc1. The van der Waals surface area contributed by atoms with Crippen molar-refractivity contribution in [3.05, 3.63) is 70.5 Å². The molecule has 2 rings (SSSR count). The first-order valence-electron chi connectivity index (χ1n) is 6.89. The topological polar surface area (TPSA) is 66.8 Å². The van der Waals surface area contributed by atoms with Crippen molar-refractivity contribution in [2.75, 3.05) is 0 Å². The molecular weight excluding hydrogens is 280 g/mol. The average Bonchev–Trinajstić information content (AvgIpc) is 2.47. The molecule has 0 heterocycles. The Morgan fingerprint density at radius 3 is 2.23 bits per heavy atom. The molecule has 2 aromatic rings. The number of aryl methyl sites for hydroxylation is 2. The number of carboxylic acid groups (broad SMARTS) is 1. The molecule has 0 atom stereocenters. The third kappa shape index (κ3) is 3.88. The molecule has 114 valence electrons. The Morgan fingerprint density at radius 2 is 1.68 bits per heavy atom. The van der Waals surface area contributed by atoms with E-state index in [1.807, 2.05) is 44.2 Å². The Balaban J connectivity index is 2.20. The molecule has 0 aromatic heterocycles. The van der Waals surface area contributed by atoms with E-state index in [0.717, 1.165) is 22.4 Å². The van der Waals surface area contributed by atoms with Crippen molar-refractivity contribution in [2.24, 2.45) is 0 Å². The third-order valence-electron chi connectivity index (χ3n) is 3.23. The maximum Gasteiger partial charge on any atom is 0.370 e. The molecule has 0 spiro atoms. The standard InChI is InChI=1S/C18H18O4/c1-12-8-15(10-16(19)18(20)21)9-13(2)17(12)22-11-14-6-4-3-5-7-14/h3-10,19H,11H2,1-2H3,(H,20,21)/b16-10-. The zero-order valence-electron chi connectivity index (χ0n) is 12.5. The lowest BCUT2D eigenvalue weighted by atomic mass is 10.0. The number of aliphatic carboxylic acids is 1. The van der Waals surface area contributed by atoms with Crippen molar-refractivity contribution in [3.8, 4) is 5.75 Å². The molecule has 0 fully saturated rings. The summed E-state index contributed by atoms with van der Waals surface area (Å²) in [5.74, 6) is -1.26. The fraction of sp³-hybridized carbons (Fsp3) is 0.167. The molecule has 0 saturated heterocycles. The van der Waals surface area contributed by atoms with Gasteiger partial charge in [0.15, 0.2) is 0 Å². The largest absolute Gasteiger partial charge is 0.502 e. The van der Waals surface area contributed by atoms with E-state index in [1.54, 1.807) is 12.1 Å². The van der Waals surface area contributed by atoms with Gasteiger partial charge in [-0.15, -0.1) is 0 Å². The minimum atomic E-state index is -1.35. The summed E-state index contributed by atoms with van der Waals surface area (Å²) in [4.78, 5) is 10.7. The number of carboxylic acids is 1. The van der Waals surface area contributed by atoms with Gasteiger partial charge in [0, 0.05) is 0 Å². The van der Waals surface area contributed by atoms with E-state index in [4.69, 9.17) is 9.84 Å². The van der Waals surface area contributed by atoms with Gasteiger partial charge in [0.25, 0.3) is 0 Å². The number of aliphatic hydroxyl groups is 1. The Kier molecular flexibility index (Phi) is 4.84. The van der Waals surface area contributed by atoms with Crippen LogP contribution >= 0.6 is 0 Å². The van der Waals surface area contributed by atoms with Gasteiger partial charge >= 0.3 is 5.97 Å². The molecule has 4 heteroatoms. The maximum absolute atomic E-state index is 10.7. The second-order valence-electron chi connectivity index (χ2n) is 5.09. The van der Waals surface area contributed by atoms with Crippen molar-refractivity contribution < 1.29 is 19.7 Å². The molecular formula is C18H18O4. The van der Waals surface area contributed by atoms with Gasteiger partial charge < -0.3 is 14.9 Å². The fourth-order valence-corrected chi connectivity index (χ4v) is 2.24. The van der Waals surface area contributed by atoms with Crippen LogP contribution in [0, 0.1) is 13.8 Å². The van der Waals surface area contributed by atoms with Gasteiger partial charge in [-0.1, -0.05) is 30.3 Å². The van der Waals surface area contributed by atoms with Gasteiger partial charge in [-0.3, -0.25) is 0 Å². The Morgan fingerprint density at radius 1 is 1.09 bits per heavy atom. The molecule has 0 unspecified atom stereocenters. The Bertz CT molecular complexity index is 679. The lowest BCUT2D eigenvalue weighted by Crippen LogP contribution is -2.01. The van der Waals surface area contributed by atoms with Gasteiger partial charge in [0.05, 0.1) is 0 Å². The van der Waals surface area contributed by atoms with Crippen LogP contribution in [-0.2, 0) is 11.4 Å². The zero-order chi connectivity index (χ0) is 16.1. The summed E-state index contributed by atoms with van der Waals surface area (Å²) >= 11 is 0. The summed E-state index contributed by atoms with van der Waals surface area (Å²) in [5, 5.41) is 18.0. The first-order valence-corrected chi connectivity index (χ1v) is 6.89. The fourth-order valence-electron chi connectivity index (χ4n) is 2.24. The molecule has 0 bridgehead atoms. The monoisotopic (exact) mass is 298 g/mol. The van der Waals surface area contributed by atoms with Crippen LogP contribution in [0.2, 0.25) is 0 Å². The number of benzene rings is 2. The summed E-state index contributed by atoms with van der Waals surface area (Å²) < 4.78 is 5.86. The number of hydrogen-bond acceptors (Lipinski definition) is 3. The summed E-state index contributed by atoms with van der Waals surface area (Å²) in [5.41, 5.74) is 3.48. The van der Waals surface area contributed by atoms with E-state index in [-0.39, 0.29) is 0 Å².